The first kappa shape index (κ1) is 33.1. The van der Waals surface area contributed by atoms with Crippen molar-refractivity contribution in [1.29, 1.82) is 0 Å². The summed E-state index contributed by atoms with van der Waals surface area (Å²) in [4.78, 5) is 15.6. The highest BCUT2D eigenvalue weighted by Crippen LogP contribution is 2.57. The predicted molar refractivity (Wildman–Crippen MR) is 235 cm³/mol. The molecule has 9 aromatic carbocycles. The van der Waals surface area contributed by atoms with E-state index >= 15 is 0 Å². The molecule has 1 aliphatic carbocycles. The molecule has 3 heteroatoms. The number of benzene rings is 9. The maximum atomic E-state index is 5.26. The van der Waals surface area contributed by atoms with Gasteiger partial charge < -0.3 is 0 Å². The fraction of sp³-hybridized carbons (Fsp3) is 0.0556. The van der Waals surface area contributed by atoms with E-state index in [2.05, 4.69) is 184 Å². The normalized spacial score (nSPS) is 12.9. The van der Waals surface area contributed by atoms with Crippen molar-refractivity contribution < 1.29 is 0 Å². The lowest BCUT2D eigenvalue weighted by Gasteiger charge is -2.36. The molecule has 1 aliphatic rings. The van der Waals surface area contributed by atoms with E-state index in [1.807, 2.05) is 18.2 Å². The number of nitrogens with zero attached hydrogens (tertiary/aromatic N) is 3. The first-order valence-electron chi connectivity index (χ1n) is 19.6. The molecular formula is C54H37N3. The van der Waals surface area contributed by atoms with Gasteiger partial charge in [-0.05, 0) is 103 Å². The van der Waals surface area contributed by atoms with Crippen molar-refractivity contribution in [2.24, 2.45) is 0 Å². The average Bonchev–Trinajstić information content (AvgIpc) is 3.57. The molecule has 0 spiro atoms. The number of hydrogen-bond acceptors (Lipinski definition) is 3. The van der Waals surface area contributed by atoms with Crippen molar-refractivity contribution in [3.63, 3.8) is 0 Å². The molecular weight excluding hydrogens is 691 g/mol. The van der Waals surface area contributed by atoms with Crippen LogP contribution in [0.15, 0.2) is 188 Å². The van der Waals surface area contributed by atoms with Crippen LogP contribution in [0, 0.1) is 13.8 Å². The molecule has 0 bridgehead atoms. The minimum absolute atomic E-state index is 0.487. The lowest BCUT2D eigenvalue weighted by Crippen LogP contribution is -2.30. The Bertz CT molecular complexity index is 3140. The zero-order valence-electron chi connectivity index (χ0n) is 31.7. The van der Waals surface area contributed by atoms with E-state index in [-0.39, 0.29) is 0 Å². The number of fused-ring (bicyclic) bond motifs is 9. The molecule has 268 valence electrons. The minimum atomic E-state index is -0.487. The van der Waals surface area contributed by atoms with Crippen molar-refractivity contribution >= 4 is 32.3 Å². The maximum absolute atomic E-state index is 5.26. The highest BCUT2D eigenvalue weighted by atomic mass is 15.0. The van der Waals surface area contributed by atoms with Crippen LogP contribution < -0.4 is 0 Å². The third-order valence-electron chi connectivity index (χ3n) is 12.1. The second-order valence-corrected chi connectivity index (χ2v) is 15.2. The lowest BCUT2D eigenvalue weighted by atomic mass is 9.65. The third kappa shape index (κ3) is 5.02. The third-order valence-corrected chi connectivity index (χ3v) is 12.1. The van der Waals surface area contributed by atoms with Gasteiger partial charge in [-0.1, -0.05) is 176 Å². The van der Waals surface area contributed by atoms with Gasteiger partial charge in [0.05, 0.1) is 5.41 Å². The summed E-state index contributed by atoms with van der Waals surface area (Å²) >= 11 is 0. The molecule has 0 saturated carbocycles. The van der Waals surface area contributed by atoms with Crippen LogP contribution in [0.1, 0.15) is 33.4 Å². The van der Waals surface area contributed by atoms with E-state index in [0.717, 1.165) is 16.7 Å². The summed E-state index contributed by atoms with van der Waals surface area (Å²) in [5.74, 6) is 1.94. The standard InChI is InChI=1S/C54H37N3/c1-34-16-6-13-25-47(34)54(49-26-14-11-23-44(49)45-24-12-15-27-50(45)54)48-31-29-37(32-35(48)2)52-55-51(36-17-4-3-5-18-36)56-53(57-52)38-28-30-43-41-21-8-7-19-39(41)40-20-9-10-22-42(40)46(43)33-38/h3-33H,1-2H3. The molecule has 0 atom stereocenters. The van der Waals surface area contributed by atoms with Gasteiger partial charge in [-0.25, -0.2) is 15.0 Å². The quantitative estimate of drug-likeness (QED) is 0.166. The summed E-state index contributed by atoms with van der Waals surface area (Å²) in [5.41, 5.74) is 12.5. The Morgan fingerprint density at radius 1 is 0.298 bits per heavy atom. The summed E-state index contributed by atoms with van der Waals surface area (Å²) in [6, 6.07) is 67.7. The molecule has 57 heavy (non-hydrogen) atoms. The highest BCUT2D eigenvalue weighted by molar-refractivity contribution is 6.25. The van der Waals surface area contributed by atoms with Gasteiger partial charge in [-0.3, -0.25) is 0 Å². The van der Waals surface area contributed by atoms with Crippen molar-refractivity contribution in [2.75, 3.05) is 0 Å². The molecule has 3 nitrogen and oxygen atoms in total. The highest BCUT2D eigenvalue weighted by Gasteiger charge is 2.47. The minimum Gasteiger partial charge on any atom is -0.208 e. The van der Waals surface area contributed by atoms with Crippen molar-refractivity contribution in [3.8, 4) is 45.3 Å². The molecule has 0 N–H and O–H groups in total. The van der Waals surface area contributed by atoms with Gasteiger partial charge in [-0.15, -0.1) is 0 Å². The lowest BCUT2D eigenvalue weighted by molar-refractivity contribution is 0.754. The van der Waals surface area contributed by atoms with E-state index in [1.54, 1.807) is 0 Å². The Morgan fingerprint density at radius 3 is 1.30 bits per heavy atom. The van der Waals surface area contributed by atoms with Gasteiger partial charge in [0.2, 0.25) is 0 Å². The zero-order valence-corrected chi connectivity index (χ0v) is 31.7. The van der Waals surface area contributed by atoms with Gasteiger partial charge in [0, 0.05) is 16.7 Å². The first-order chi connectivity index (χ1) is 28.1. The van der Waals surface area contributed by atoms with Crippen LogP contribution in [0.4, 0.5) is 0 Å². The van der Waals surface area contributed by atoms with E-state index in [4.69, 9.17) is 15.0 Å². The van der Waals surface area contributed by atoms with Crippen LogP contribution in [0.2, 0.25) is 0 Å². The molecule has 0 unspecified atom stereocenters. The van der Waals surface area contributed by atoms with E-state index in [1.165, 1.54) is 76.8 Å². The van der Waals surface area contributed by atoms with Gasteiger partial charge in [0.15, 0.2) is 17.5 Å². The number of aromatic nitrogens is 3. The summed E-state index contributed by atoms with van der Waals surface area (Å²) in [7, 11) is 0. The molecule has 0 saturated heterocycles. The maximum Gasteiger partial charge on any atom is 0.164 e. The first-order valence-corrected chi connectivity index (χ1v) is 19.6. The number of rotatable bonds is 5. The van der Waals surface area contributed by atoms with Gasteiger partial charge in [0.25, 0.3) is 0 Å². The van der Waals surface area contributed by atoms with Crippen LogP contribution >= 0.6 is 0 Å². The summed E-state index contributed by atoms with van der Waals surface area (Å²) in [6.45, 7) is 4.47. The predicted octanol–water partition coefficient (Wildman–Crippen LogP) is 13.3. The molecule has 11 rings (SSSR count). The Kier molecular flexibility index (Phi) is 7.52. The molecule has 0 radical (unpaired) electrons. The van der Waals surface area contributed by atoms with E-state index in [9.17, 15) is 0 Å². The second kappa shape index (κ2) is 12.9. The molecule has 10 aromatic rings. The van der Waals surface area contributed by atoms with Crippen LogP contribution in [0.25, 0.3) is 77.6 Å². The molecule has 0 aliphatic heterocycles. The number of aryl methyl sites for hydroxylation is 2. The summed E-state index contributed by atoms with van der Waals surface area (Å²) in [6.07, 6.45) is 0. The van der Waals surface area contributed by atoms with Gasteiger partial charge in [-0.2, -0.15) is 0 Å². The second-order valence-electron chi connectivity index (χ2n) is 15.2. The summed E-state index contributed by atoms with van der Waals surface area (Å²) < 4.78 is 0. The van der Waals surface area contributed by atoms with Crippen LogP contribution in [0.3, 0.4) is 0 Å². The van der Waals surface area contributed by atoms with Crippen molar-refractivity contribution in [1.82, 2.24) is 15.0 Å². The number of hydrogen-bond donors (Lipinski definition) is 0. The molecule has 0 fully saturated rings. The van der Waals surface area contributed by atoms with E-state index < -0.39 is 5.41 Å². The Morgan fingerprint density at radius 2 is 0.719 bits per heavy atom. The Balaban J connectivity index is 1.12. The zero-order chi connectivity index (χ0) is 38.1. The van der Waals surface area contributed by atoms with Crippen molar-refractivity contribution in [3.05, 3.63) is 221 Å². The van der Waals surface area contributed by atoms with E-state index in [0.29, 0.717) is 17.5 Å². The summed E-state index contributed by atoms with van der Waals surface area (Å²) in [5, 5.41) is 7.36. The molecule has 1 aromatic heterocycles. The van der Waals surface area contributed by atoms with Crippen LogP contribution in [0.5, 0.6) is 0 Å². The molecule has 0 amide bonds. The topological polar surface area (TPSA) is 38.7 Å². The van der Waals surface area contributed by atoms with Crippen LogP contribution in [-0.4, -0.2) is 15.0 Å². The van der Waals surface area contributed by atoms with Crippen LogP contribution in [-0.2, 0) is 5.41 Å². The smallest absolute Gasteiger partial charge is 0.164 e. The Hall–Kier alpha value is -7.23. The Labute approximate surface area is 332 Å². The largest absolute Gasteiger partial charge is 0.208 e. The monoisotopic (exact) mass is 727 g/mol. The van der Waals surface area contributed by atoms with Gasteiger partial charge in [0.1, 0.15) is 0 Å². The molecule has 1 heterocycles. The fourth-order valence-electron chi connectivity index (χ4n) is 9.57. The fourth-order valence-corrected chi connectivity index (χ4v) is 9.57. The average molecular weight is 728 g/mol. The van der Waals surface area contributed by atoms with Crippen molar-refractivity contribution in [2.45, 2.75) is 19.3 Å². The SMILES string of the molecule is Cc1ccccc1C1(c2ccc(-c3nc(-c4ccccc4)nc(-c4ccc5c6ccccc6c6ccccc6c5c4)n3)cc2C)c2ccccc2-c2ccccc21. The van der Waals surface area contributed by atoms with Gasteiger partial charge >= 0.3 is 0 Å².